The van der Waals surface area contributed by atoms with Crippen molar-refractivity contribution < 1.29 is 4.79 Å². The van der Waals surface area contributed by atoms with Gasteiger partial charge in [-0.2, -0.15) is 4.37 Å². The van der Waals surface area contributed by atoms with Gasteiger partial charge in [-0.05, 0) is 18.4 Å². The van der Waals surface area contributed by atoms with Crippen LogP contribution in [-0.2, 0) is 11.2 Å². The second-order valence-corrected chi connectivity index (χ2v) is 6.03. The summed E-state index contributed by atoms with van der Waals surface area (Å²) in [7, 11) is 1.85. The molecule has 1 amide bonds. The lowest BCUT2D eigenvalue weighted by atomic mass is 10.3. The highest BCUT2D eigenvalue weighted by Gasteiger charge is 2.13. The molecule has 2 aromatic rings. The highest BCUT2D eigenvalue weighted by atomic mass is 32.2. The summed E-state index contributed by atoms with van der Waals surface area (Å²) >= 11 is 2.93. The Morgan fingerprint density at radius 1 is 1.43 bits per heavy atom. The number of aromatic nitrogens is 2. The predicted molar refractivity (Wildman–Crippen MR) is 89.4 cm³/mol. The van der Waals surface area contributed by atoms with Crippen molar-refractivity contribution in [2.45, 2.75) is 18.2 Å². The van der Waals surface area contributed by atoms with Gasteiger partial charge < -0.3 is 10.2 Å². The van der Waals surface area contributed by atoms with Crippen LogP contribution in [0.5, 0.6) is 0 Å². The molecule has 0 saturated carbocycles. The third-order valence-electron chi connectivity index (χ3n) is 2.86. The second-order valence-electron chi connectivity index (χ2n) is 4.45. The van der Waals surface area contributed by atoms with Crippen LogP contribution in [0.15, 0.2) is 29.2 Å². The van der Waals surface area contributed by atoms with Gasteiger partial charge in [0.2, 0.25) is 11.0 Å². The number of benzene rings is 1. The molecule has 0 aliphatic rings. The zero-order valence-electron chi connectivity index (χ0n) is 12.3. The molecule has 21 heavy (non-hydrogen) atoms. The summed E-state index contributed by atoms with van der Waals surface area (Å²) in [4.78, 5) is 19.4. The third kappa shape index (κ3) is 4.18. The number of nitrogens with one attached hydrogen (secondary N) is 1. The van der Waals surface area contributed by atoms with Gasteiger partial charge in [0.05, 0.1) is 12.2 Å². The number of hydrogen-bond donors (Lipinski definition) is 1. The summed E-state index contributed by atoms with van der Waals surface area (Å²) in [5.74, 6) is 0.752. The lowest BCUT2D eigenvalue weighted by Gasteiger charge is -2.15. The maximum atomic E-state index is 12.1. The van der Waals surface area contributed by atoms with Crippen LogP contribution in [0.25, 0.3) is 0 Å². The molecule has 0 unspecified atom stereocenters. The standard InChI is InChI=1S/C14H18N4OS2/c1-4-12-16-14(21-17-12)18(2)9-13(19)15-10-7-5-6-8-11(10)20-3/h5-8H,4,9H2,1-3H3,(H,15,19). The molecule has 0 atom stereocenters. The van der Waals surface area contributed by atoms with Crippen LogP contribution in [0, 0.1) is 0 Å². The van der Waals surface area contributed by atoms with E-state index in [0.29, 0.717) is 0 Å². The van der Waals surface area contributed by atoms with E-state index in [9.17, 15) is 4.79 Å². The maximum Gasteiger partial charge on any atom is 0.243 e. The molecule has 0 radical (unpaired) electrons. The SMILES string of the molecule is CCc1nsc(N(C)CC(=O)Nc2ccccc2SC)n1. The van der Waals surface area contributed by atoms with Crippen LogP contribution in [0.1, 0.15) is 12.7 Å². The number of nitrogens with zero attached hydrogens (tertiary/aromatic N) is 3. The van der Waals surface area contributed by atoms with Crippen molar-refractivity contribution in [1.29, 1.82) is 0 Å². The minimum Gasteiger partial charge on any atom is -0.341 e. The number of thioether (sulfide) groups is 1. The number of carbonyl (C=O) groups is 1. The molecule has 5 nitrogen and oxygen atoms in total. The van der Waals surface area contributed by atoms with Gasteiger partial charge in [0.15, 0.2) is 0 Å². The van der Waals surface area contributed by atoms with Gasteiger partial charge >= 0.3 is 0 Å². The first-order valence-electron chi connectivity index (χ1n) is 6.60. The molecule has 1 heterocycles. The lowest BCUT2D eigenvalue weighted by molar-refractivity contribution is -0.114. The number of rotatable bonds is 6. The summed E-state index contributed by atoms with van der Waals surface area (Å²) in [5.41, 5.74) is 0.843. The Balaban J connectivity index is 1.98. The van der Waals surface area contributed by atoms with Crippen molar-refractivity contribution in [3.8, 4) is 0 Å². The van der Waals surface area contributed by atoms with Gasteiger partial charge in [-0.3, -0.25) is 4.79 Å². The van der Waals surface area contributed by atoms with E-state index in [0.717, 1.165) is 28.0 Å². The van der Waals surface area contributed by atoms with Crippen molar-refractivity contribution in [3.63, 3.8) is 0 Å². The molecule has 0 bridgehead atoms. The Kier molecular flexibility index (Phi) is 5.58. The number of carbonyl (C=O) groups excluding carboxylic acids is 1. The van der Waals surface area contributed by atoms with Gasteiger partial charge in [-0.1, -0.05) is 19.1 Å². The van der Waals surface area contributed by atoms with E-state index in [1.165, 1.54) is 11.5 Å². The number of para-hydroxylation sites is 1. The molecule has 1 aromatic heterocycles. The minimum atomic E-state index is -0.0627. The maximum absolute atomic E-state index is 12.1. The van der Waals surface area contributed by atoms with Crippen molar-refractivity contribution in [2.24, 2.45) is 0 Å². The monoisotopic (exact) mass is 322 g/mol. The van der Waals surface area contributed by atoms with E-state index in [1.54, 1.807) is 11.8 Å². The van der Waals surface area contributed by atoms with Crippen molar-refractivity contribution in [3.05, 3.63) is 30.1 Å². The Morgan fingerprint density at radius 3 is 2.86 bits per heavy atom. The number of likely N-dealkylation sites (N-methyl/N-ethyl adjacent to an activating group) is 1. The van der Waals surface area contributed by atoms with Gasteiger partial charge in [-0.15, -0.1) is 11.8 Å². The van der Waals surface area contributed by atoms with Gasteiger partial charge in [0, 0.05) is 29.9 Å². The van der Waals surface area contributed by atoms with Gasteiger partial charge in [0.1, 0.15) is 5.82 Å². The normalized spacial score (nSPS) is 10.4. The summed E-state index contributed by atoms with van der Waals surface area (Å²) in [6.45, 7) is 2.26. The van der Waals surface area contributed by atoms with Crippen molar-refractivity contribution in [2.75, 3.05) is 30.1 Å². The molecule has 0 aliphatic heterocycles. The van der Waals surface area contributed by atoms with E-state index in [2.05, 4.69) is 14.7 Å². The molecule has 0 fully saturated rings. The average molecular weight is 322 g/mol. The van der Waals surface area contributed by atoms with E-state index in [1.807, 2.05) is 49.4 Å². The third-order valence-corrected chi connectivity index (χ3v) is 4.53. The average Bonchev–Trinajstić information content (AvgIpc) is 2.96. The van der Waals surface area contributed by atoms with Gasteiger partial charge in [0.25, 0.3) is 0 Å². The molecule has 0 aliphatic carbocycles. The van der Waals surface area contributed by atoms with Crippen LogP contribution in [0.2, 0.25) is 0 Å². The topological polar surface area (TPSA) is 58.1 Å². The van der Waals surface area contributed by atoms with E-state index in [4.69, 9.17) is 0 Å². The fourth-order valence-electron chi connectivity index (χ4n) is 1.76. The largest absolute Gasteiger partial charge is 0.341 e. The molecular formula is C14H18N4OS2. The van der Waals surface area contributed by atoms with Crippen LogP contribution in [0.4, 0.5) is 10.8 Å². The fourth-order valence-corrected chi connectivity index (χ4v) is 3.02. The number of amides is 1. The van der Waals surface area contributed by atoms with E-state index >= 15 is 0 Å². The summed E-state index contributed by atoms with van der Waals surface area (Å²) in [6.07, 6.45) is 2.79. The Morgan fingerprint density at radius 2 is 2.19 bits per heavy atom. The number of hydrogen-bond acceptors (Lipinski definition) is 6. The molecule has 7 heteroatoms. The molecule has 2 rings (SSSR count). The molecule has 112 valence electrons. The molecular weight excluding hydrogens is 304 g/mol. The number of anilines is 2. The summed E-state index contributed by atoms with van der Waals surface area (Å²) < 4.78 is 4.23. The Bertz CT molecular complexity index is 615. The highest BCUT2D eigenvalue weighted by Crippen LogP contribution is 2.24. The van der Waals surface area contributed by atoms with Crippen LogP contribution < -0.4 is 10.2 Å². The first-order valence-corrected chi connectivity index (χ1v) is 8.60. The first-order chi connectivity index (χ1) is 10.1. The molecule has 1 aromatic carbocycles. The molecule has 0 saturated heterocycles. The summed E-state index contributed by atoms with van der Waals surface area (Å²) in [6, 6.07) is 7.77. The zero-order valence-corrected chi connectivity index (χ0v) is 13.9. The van der Waals surface area contributed by atoms with Crippen molar-refractivity contribution in [1.82, 2.24) is 9.36 Å². The minimum absolute atomic E-state index is 0.0627. The predicted octanol–water partition coefficient (Wildman–Crippen LogP) is 2.90. The quantitative estimate of drug-likeness (QED) is 0.829. The first kappa shape index (κ1) is 15.8. The lowest BCUT2D eigenvalue weighted by Crippen LogP contribution is -2.30. The molecule has 0 spiro atoms. The highest BCUT2D eigenvalue weighted by molar-refractivity contribution is 7.98. The van der Waals surface area contributed by atoms with Crippen LogP contribution in [-0.4, -0.2) is 35.1 Å². The van der Waals surface area contributed by atoms with E-state index < -0.39 is 0 Å². The Hall–Kier alpha value is -1.60. The smallest absolute Gasteiger partial charge is 0.243 e. The zero-order chi connectivity index (χ0) is 15.2. The fraction of sp³-hybridized carbons (Fsp3) is 0.357. The van der Waals surface area contributed by atoms with Crippen LogP contribution in [0.3, 0.4) is 0 Å². The molecule has 1 N–H and O–H groups in total. The van der Waals surface area contributed by atoms with Crippen molar-refractivity contribution >= 4 is 40.0 Å². The summed E-state index contributed by atoms with van der Waals surface area (Å²) in [5, 5.41) is 3.70. The number of aryl methyl sites for hydroxylation is 1. The Labute approximate surface area is 132 Å². The van der Waals surface area contributed by atoms with Gasteiger partial charge in [-0.25, -0.2) is 4.98 Å². The second kappa shape index (κ2) is 7.42. The van der Waals surface area contributed by atoms with E-state index in [-0.39, 0.29) is 12.5 Å². The van der Waals surface area contributed by atoms with Crippen LogP contribution >= 0.6 is 23.3 Å².